The van der Waals surface area contributed by atoms with Gasteiger partial charge in [-0.1, -0.05) is 54.6 Å². The quantitative estimate of drug-likeness (QED) is 0.775. The predicted molar refractivity (Wildman–Crippen MR) is 87.6 cm³/mol. The number of rotatable bonds is 4. The van der Waals surface area contributed by atoms with Gasteiger partial charge in [-0.2, -0.15) is 0 Å². The molecule has 114 valence electrons. The number of benzene rings is 2. The summed E-state index contributed by atoms with van der Waals surface area (Å²) in [6.07, 6.45) is 0. The Balaban J connectivity index is 1.87. The number of carbonyl (C=O) groups is 2. The molecule has 3 N–H and O–H groups in total. The first-order valence-electron chi connectivity index (χ1n) is 7.16. The summed E-state index contributed by atoms with van der Waals surface area (Å²) >= 11 is 0. The second kappa shape index (κ2) is 6.27. The number of primary amides is 1. The molecule has 5 heteroatoms. The Hall–Kier alpha value is -3.21. The lowest BCUT2D eigenvalue weighted by atomic mass is 10.1. The summed E-state index contributed by atoms with van der Waals surface area (Å²) in [5.74, 6) is -1.06. The molecule has 23 heavy (non-hydrogen) atoms. The van der Waals surface area contributed by atoms with Gasteiger partial charge in [-0.25, -0.2) is 4.98 Å². The average Bonchev–Trinajstić information content (AvgIpc) is 2.59. The predicted octanol–water partition coefficient (Wildman–Crippen LogP) is 2.19. The van der Waals surface area contributed by atoms with E-state index in [-0.39, 0.29) is 5.69 Å². The van der Waals surface area contributed by atoms with Gasteiger partial charge in [0, 0.05) is 5.39 Å². The molecule has 1 heterocycles. The van der Waals surface area contributed by atoms with E-state index >= 15 is 0 Å². The number of hydrogen-bond donors (Lipinski definition) is 2. The van der Waals surface area contributed by atoms with Crippen molar-refractivity contribution >= 4 is 22.7 Å². The molecule has 1 atom stereocenters. The summed E-state index contributed by atoms with van der Waals surface area (Å²) in [6, 6.07) is 18.9. The summed E-state index contributed by atoms with van der Waals surface area (Å²) in [6.45, 7) is 0. The first kappa shape index (κ1) is 14.7. The first-order valence-corrected chi connectivity index (χ1v) is 7.16. The largest absolute Gasteiger partial charge is 0.368 e. The van der Waals surface area contributed by atoms with Gasteiger partial charge < -0.3 is 11.1 Å². The maximum atomic E-state index is 12.4. The maximum absolute atomic E-state index is 12.4. The number of para-hydroxylation sites is 1. The van der Waals surface area contributed by atoms with E-state index in [2.05, 4.69) is 10.3 Å². The number of amides is 2. The van der Waals surface area contributed by atoms with Gasteiger partial charge in [0.05, 0.1) is 5.52 Å². The van der Waals surface area contributed by atoms with Crippen molar-refractivity contribution in [2.45, 2.75) is 6.04 Å². The molecular weight excluding hydrogens is 290 g/mol. The van der Waals surface area contributed by atoms with Crippen molar-refractivity contribution in [3.05, 3.63) is 78.0 Å². The van der Waals surface area contributed by atoms with Gasteiger partial charge in [-0.3, -0.25) is 9.59 Å². The van der Waals surface area contributed by atoms with Gasteiger partial charge in [0.25, 0.3) is 5.91 Å². The van der Waals surface area contributed by atoms with Crippen LogP contribution in [-0.2, 0) is 4.79 Å². The standard InChI is InChI=1S/C18H15N3O2/c19-17(22)16(13-7-2-1-3-8-13)21-18(23)15-11-10-12-6-4-5-9-14(12)20-15/h1-11,16H,(H2,19,22)(H,21,23). The smallest absolute Gasteiger partial charge is 0.270 e. The highest BCUT2D eigenvalue weighted by Gasteiger charge is 2.21. The third-order valence-corrected chi connectivity index (χ3v) is 3.52. The highest BCUT2D eigenvalue weighted by Crippen LogP contribution is 2.15. The second-order valence-corrected chi connectivity index (χ2v) is 5.11. The fraction of sp³-hybridized carbons (Fsp3) is 0.0556. The Labute approximate surface area is 133 Å². The normalized spacial score (nSPS) is 11.8. The molecule has 5 nitrogen and oxygen atoms in total. The molecule has 0 fully saturated rings. The van der Waals surface area contributed by atoms with E-state index in [0.717, 1.165) is 10.9 Å². The van der Waals surface area contributed by atoms with E-state index in [9.17, 15) is 9.59 Å². The lowest BCUT2D eigenvalue weighted by molar-refractivity contribution is -0.120. The third-order valence-electron chi connectivity index (χ3n) is 3.52. The van der Waals surface area contributed by atoms with Crippen molar-refractivity contribution in [3.63, 3.8) is 0 Å². The maximum Gasteiger partial charge on any atom is 0.270 e. The molecule has 0 aliphatic rings. The van der Waals surface area contributed by atoms with Crippen molar-refractivity contribution in [3.8, 4) is 0 Å². The number of nitrogens with zero attached hydrogens (tertiary/aromatic N) is 1. The molecule has 0 aliphatic carbocycles. The fourth-order valence-electron chi connectivity index (χ4n) is 2.36. The van der Waals surface area contributed by atoms with Crippen LogP contribution in [-0.4, -0.2) is 16.8 Å². The van der Waals surface area contributed by atoms with Gasteiger partial charge in [-0.15, -0.1) is 0 Å². The Kier molecular flexibility index (Phi) is 4.01. The Bertz CT molecular complexity index is 862. The Morgan fingerprint density at radius 2 is 1.61 bits per heavy atom. The second-order valence-electron chi connectivity index (χ2n) is 5.11. The minimum Gasteiger partial charge on any atom is -0.368 e. The van der Waals surface area contributed by atoms with Crippen LogP contribution in [0.3, 0.4) is 0 Å². The van der Waals surface area contributed by atoms with Gasteiger partial charge in [0.1, 0.15) is 11.7 Å². The molecule has 0 saturated carbocycles. The fourth-order valence-corrected chi connectivity index (χ4v) is 2.36. The molecule has 1 aromatic heterocycles. The molecule has 0 radical (unpaired) electrons. The van der Waals surface area contributed by atoms with E-state index in [1.165, 1.54) is 0 Å². The highest BCUT2D eigenvalue weighted by atomic mass is 16.2. The SMILES string of the molecule is NC(=O)C(NC(=O)c1ccc2ccccc2n1)c1ccccc1. The van der Waals surface area contributed by atoms with E-state index in [4.69, 9.17) is 5.73 Å². The highest BCUT2D eigenvalue weighted by molar-refractivity contribution is 5.97. The summed E-state index contributed by atoms with van der Waals surface area (Å²) in [5, 5.41) is 3.58. The molecule has 3 rings (SSSR count). The summed E-state index contributed by atoms with van der Waals surface area (Å²) < 4.78 is 0. The zero-order chi connectivity index (χ0) is 16.2. The monoisotopic (exact) mass is 305 g/mol. The van der Waals surface area contributed by atoms with E-state index in [1.54, 1.807) is 30.3 Å². The van der Waals surface area contributed by atoms with Gasteiger partial charge in [0.15, 0.2) is 0 Å². The molecule has 3 aromatic rings. The molecule has 0 aliphatic heterocycles. The van der Waals surface area contributed by atoms with Crippen LogP contribution in [0.5, 0.6) is 0 Å². The van der Waals surface area contributed by atoms with E-state index in [1.807, 2.05) is 36.4 Å². The van der Waals surface area contributed by atoms with Crippen LogP contribution >= 0.6 is 0 Å². The van der Waals surface area contributed by atoms with E-state index < -0.39 is 17.9 Å². The zero-order valence-electron chi connectivity index (χ0n) is 12.3. The summed E-state index contributed by atoms with van der Waals surface area (Å²) in [4.78, 5) is 28.4. The van der Waals surface area contributed by atoms with Crippen LogP contribution in [0.2, 0.25) is 0 Å². The Morgan fingerprint density at radius 3 is 2.35 bits per heavy atom. The third kappa shape index (κ3) is 3.18. The van der Waals surface area contributed by atoms with Crippen molar-refractivity contribution in [2.75, 3.05) is 0 Å². The van der Waals surface area contributed by atoms with Crippen LogP contribution < -0.4 is 11.1 Å². The topological polar surface area (TPSA) is 85.1 Å². The van der Waals surface area contributed by atoms with E-state index in [0.29, 0.717) is 5.56 Å². The number of aromatic nitrogens is 1. The molecular formula is C18H15N3O2. The van der Waals surface area contributed by atoms with Crippen LogP contribution in [0.4, 0.5) is 0 Å². The summed E-state index contributed by atoms with van der Waals surface area (Å²) in [7, 11) is 0. The molecule has 0 saturated heterocycles. The molecule has 0 bridgehead atoms. The van der Waals surface area contributed by atoms with Crippen LogP contribution in [0.1, 0.15) is 22.1 Å². The Morgan fingerprint density at radius 1 is 0.913 bits per heavy atom. The summed E-state index contributed by atoms with van der Waals surface area (Å²) in [5.41, 5.74) is 7.00. The van der Waals surface area contributed by atoms with Gasteiger partial charge >= 0.3 is 0 Å². The lowest BCUT2D eigenvalue weighted by Crippen LogP contribution is -2.37. The van der Waals surface area contributed by atoms with Crippen molar-refractivity contribution < 1.29 is 9.59 Å². The van der Waals surface area contributed by atoms with Crippen molar-refractivity contribution in [2.24, 2.45) is 5.73 Å². The lowest BCUT2D eigenvalue weighted by Gasteiger charge is -2.15. The number of nitrogens with one attached hydrogen (secondary N) is 1. The van der Waals surface area contributed by atoms with Crippen LogP contribution in [0.15, 0.2) is 66.7 Å². The number of fused-ring (bicyclic) bond motifs is 1. The van der Waals surface area contributed by atoms with Crippen molar-refractivity contribution in [1.29, 1.82) is 0 Å². The van der Waals surface area contributed by atoms with Gasteiger partial charge in [0.2, 0.25) is 5.91 Å². The molecule has 2 amide bonds. The minimum atomic E-state index is -0.892. The molecule has 2 aromatic carbocycles. The van der Waals surface area contributed by atoms with Crippen molar-refractivity contribution in [1.82, 2.24) is 10.3 Å². The number of hydrogen-bond acceptors (Lipinski definition) is 3. The number of carbonyl (C=O) groups excluding carboxylic acids is 2. The number of pyridine rings is 1. The van der Waals surface area contributed by atoms with Crippen LogP contribution in [0, 0.1) is 0 Å². The zero-order valence-corrected chi connectivity index (χ0v) is 12.3. The first-order chi connectivity index (χ1) is 11.1. The average molecular weight is 305 g/mol. The minimum absolute atomic E-state index is 0.242. The van der Waals surface area contributed by atoms with Crippen LogP contribution in [0.25, 0.3) is 10.9 Å². The van der Waals surface area contributed by atoms with Gasteiger partial charge in [-0.05, 0) is 17.7 Å². The number of nitrogens with two attached hydrogens (primary N) is 1. The molecule has 1 unspecified atom stereocenters. The molecule has 0 spiro atoms.